The molecule has 0 aromatic heterocycles. The van der Waals surface area contributed by atoms with Crippen LogP contribution in [-0.4, -0.2) is 21.8 Å². The number of hydrogen-bond donors (Lipinski definition) is 3. The number of para-hydroxylation sites is 1. The van der Waals surface area contributed by atoms with Crippen LogP contribution >= 0.6 is 23.2 Å². The van der Waals surface area contributed by atoms with Crippen molar-refractivity contribution in [2.45, 2.75) is 13.8 Å². The van der Waals surface area contributed by atoms with Crippen molar-refractivity contribution in [3.8, 4) is 11.5 Å². The first-order valence-corrected chi connectivity index (χ1v) is 7.38. The molecule has 0 fully saturated rings. The highest BCUT2D eigenvalue weighted by Gasteiger charge is 2.14. The number of aryl methyl sites for hydroxylation is 1. The summed E-state index contributed by atoms with van der Waals surface area (Å²) in [7, 11) is 0. The molecule has 0 unspecified atom stereocenters. The third kappa shape index (κ3) is 3.75. The number of phenols is 2. The number of halogens is 2. The lowest BCUT2D eigenvalue weighted by Gasteiger charge is -2.08. The molecule has 0 saturated carbocycles. The Morgan fingerprint density at radius 1 is 1.13 bits per heavy atom. The molecule has 0 heterocycles. The number of nitrogens with one attached hydrogen (secondary N) is 1. The van der Waals surface area contributed by atoms with Crippen LogP contribution in [0.4, 0.5) is 0 Å². The van der Waals surface area contributed by atoms with Crippen LogP contribution in [0.3, 0.4) is 0 Å². The molecule has 7 heteroatoms. The van der Waals surface area contributed by atoms with Crippen molar-refractivity contribution in [2.24, 2.45) is 5.10 Å². The highest BCUT2D eigenvalue weighted by Crippen LogP contribution is 2.31. The third-order valence-electron chi connectivity index (χ3n) is 3.23. The standard InChI is InChI=1S/C16H14Cl2N2O3/c1-8-4-3-5-11(14(8)21)16(23)20-19-9(2)12-6-10(17)7-13(18)15(12)22/h3-7,21-22H,1-2H3,(H,20,23). The molecule has 2 aromatic carbocycles. The molecule has 0 spiro atoms. The Morgan fingerprint density at radius 3 is 2.52 bits per heavy atom. The van der Waals surface area contributed by atoms with E-state index in [1.54, 1.807) is 26.0 Å². The van der Waals surface area contributed by atoms with Gasteiger partial charge in [0.25, 0.3) is 5.91 Å². The van der Waals surface area contributed by atoms with E-state index in [1.165, 1.54) is 18.2 Å². The van der Waals surface area contributed by atoms with Crippen LogP contribution in [0.1, 0.15) is 28.4 Å². The summed E-state index contributed by atoms with van der Waals surface area (Å²) >= 11 is 11.7. The fraction of sp³-hybridized carbons (Fsp3) is 0.125. The van der Waals surface area contributed by atoms with Gasteiger partial charge in [-0.05, 0) is 37.6 Å². The Kier molecular flexibility index (Phi) is 5.13. The van der Waals surface area contributed by atoms with Gasteiger partial charge in [0.2, 0.25) is 0 Å². The van der Waals surface area contributed by atoms with Crippen molar-refractivity contribution in [3.63, 3.8) is 0 Å². The maximum atomic E-state index is 12.1. The summed E-state index contributed by atoms with van der Waals surface area (Å²) in [5.74, 6) is -0.852. The van der Waals surface area contributed by atoms with Gasteiger partial charge in [0.1, 0.15) is 11.5 Å². The van der Waals surface area contributed by atoms with Gasteiger partial charge < -0.3 is 10.2 Å². The molecule has 2 rings (SSSR count). The van der Waals surface area contributed by atoms with Crippen LogP contribution in [-0.2, 0) is 0 Å². The Bertz CT molecular complexity index is 804. The van der Waals surface area contributed by atoms with Crippen LogP contribution < -0.4 is 5.43 Å². The van der Waals surface area contributed by atoms with Crippen molar-refractivity contribution < 1.29 is 15.0 Å². The van der Waals surface area contributed by atoms with E-state index in [9.17, 15) is 15.0 Å². The number of carbonyl (C=O) groups is 1. The Labute approximate surface area is 143 Å². The van der Waals surface area contributed by atoms with Gasteiger partial charge in [-0.25, -0.2) is 5.43 Å². The Morgan fingerprint density at radius 2 is 1.83 bits per heavy atom. The van der Waals surface area contributed by atoms with Gasteiger partial charge in [-0.15, -0.1) is 0 Å². The summed E-state index contributed by atoms with van der Waals surface area (Å²) in [6.07, 6.45) is 0. The van der Waals surface area contributed by atoms with Gasteiger partial charge in [-0.2, -0.15) is 5.10 Å². The molecule has 0 radical (unpaired) electrons. The average Bonchev–Trinajstić information content (AvgIpc) is 2.50. The molecule has 0 aliphatic carbocycles. The van der Waals surface area contributed by atoms with Crippen LogP contribution in [0.2, 0.25) is 10.0 Å². The van der Waals surface area contributed by atoms with Gasteiger partial charge in [0.05, 0.1) is 16.3 Å². The van der Waals surface area contributed by atoms with Crippen molar-refractivity contribution >= 4 is 34.8 Å². The van der Waals surface area contributed by atoms with E-state index in [2.05, 4.69) is 10.5 Å². The van der Waals surface area contributed by atoms with E-state index in [4.69, 9.17) is 23.2 Å². The van der Waals surface area contributed by atoms with E-state index in [0.29, 0.717) is 21.9 Å². The normalized spacial score (nSPS) is 11.4. The molecule has 0 aliphatic rings. The summed E-state index contributed by atoms with van der Waals surface area (Å²) < 4.78 is 0. The first kappa shape index (κ1) is 17.1. The van der Waals surface area contributed by atoms with Gasteiger partial charge in [0.15, 0.2) is 0 Å². The monoisotopic (exact) mass is 352 g/mol. The zero-order valence-electron chi connectivity index (χ0n) is 12.4. The lowest BCUT2D eigenvalue weighted by Crippen LogP contribution is -2.19. The lowest BCUT2D eigenvalue weighted by atomic mass is 10.1. The van der Waals surface area contributed by atoms with E-state index >= 15 is 0 Å². The largest absolute Gasteiger partial charge is 0.507 e. The fourth-order valence-electron chi connectivity index (χ4n) is 1.94. The zero-order chi connectivity index (χ0) is 17.1. The second-order valence-electron chi connectivity index (χ2n) is 4.89. The second kappa shape index (κ2) is 6.89. The minimum atomic E-state index is -0.571. The van der Waals surface area contributed by atoms with Crippen molar-refractivity contribution in [1.82, 2.24) is 5.43 Å². The van der Waals surface area contributed by atoms with Crippen LogP contribution in [0.5, 0.6) is 11.5 Å². The van der Waals surface area contributed by atoms with Crippen molar-refractivity contribution in [2.75, 3.05) is 0 Å². The SMILES string of the molecule is CC(=NNC(=O)c1cccc(C)c1O)c1cc(Cl)cc(Cl)c1O. The third-order valence-corrected chi connectivity index (χ3v) is 3.73. The number of rotatable bonds is 3. The van der Waals surface area contributed by atoms with E-state index in [1.807, 2.05) is 0 Å². The first-order chi connectivity index (χ1) is 10.8. The molecule has 0 bridgehead atoms. The van der Waals surface area contributed by atoms with Crippen molar-refractivity contribution in [1.29, 1.82) is 0 Å². The predicted octanol–water partition coefficient (Wildman–Crippen LogP) is 3.87. The number of hydrogen-bond acceptors (Lipinski definition) is 4. The summed E-state index contributed by atoms with van der Waals surface area (Å²) in [5, 5.41) is 24.1. The van der Waals surface area contributed by atoms with E-state index < -0.39 is 5.91 Å². The molecule has 3 N–H and O–H groups in total. The Balaban J connectivity index is 2.26. The highest BCUT2D eigenvalue weighted by molar-refractivity contribution is 6.36. The molecule has 0 atom stereocenters. The number of benzene rings is 2. The number of hydrazone groups is 1. The lowest BCUT2D eigenvalue weighted by molar-refractivity contribution is 0.0952. The number of nitrogens with zero attached hydrogens (tertiary/aromatic N) is 1. The maximum Gasteiger partial charge on any atom is 0.275 e. The summed E-state index contributed by atoms with van der Waals surface area (Å²) in [6.45, 7) is 3.27. The number of aromatic hydroxyl groups is 2. The molecular formula is C16H14Cl2N2O3. The maximum absolute atomic E-state index is 12.1. The van der Waals surface area contributed by atoms with Crippen molar-refractivity contribution in [3.05, 3.63) is 57.1 Å². The number of amides is 1. The summed E-state index contributed by atoms with van der Waals surface area (Å²) in [4.78, 5) is 12.1. The first-order valence-electron chi connectivity index (χ1n) is 6.63. The predicted molar refractivity (Wildman–Crippen MR) is 90.6 cm³/mol. The summed E-state index contributed by atoms with van der Waals surface area (Å²) in [5.41, 5.74) is 3.63. The number of carbonyl (C=O) groups excluding carboxylic acids is 1. The fourth-order valence-corrected chi connectivity index (χ4v) is 2.43. The van der Waals surface area contributed by atoms with E-state index in [0.717, 1.165) is 0 Å². The summed E-state index contributed by atoms with van der Waals surface area (Å²) in [6, 6.07) is 7.71. The molecule has 1 amide bonds. The average molecular weight is 353 g/mol. The zero-order valence-corrected chi connectivity index (χ0v) is 13.9. The number of phenolic OH excluding ortho intramolecular Hbond substituents is 2. The van der Waals surface area contributed by atoms with Gasteiger partial charge in [-0.3, -0.25) is 4.79 Å². The molecule has 0 saturated heterocycles. The molecule has 120 valence electrons. The topological polar surface area (TPSA) is 81.9 Å². The van der Waals surface area contributed by atoms with E-state index in [-0.39, 0.29) is 22.1 Å². The quantitative estimate of drug-likeness (QED) is 0.579. The van der Waals surface area contributed by atoms with Crippen LogP contribution in [0.15, 0.2) is 35.4 Å². The smallest absolute Gasteiger partial charge is 0.275 e. The molecule has 23 heavy (non-hydrogen) atoms. The van der Waals surface area contributed by atoms with Gasteiger partial charge in [-0.1, -0.05) is 35.3 Å². The highest BCUT2D eigenvalue weighted by atomic mass is 35.5. The van der Waals surface area contributed by atoms with Crippen LogP contribution in [0, 0.1) is 6.92 Å². The Hall–Kier alpha value is -2.24. The molecule has 2 aromatic rings. The molecule has 0 aliphatic heterocycles. The molecule has 5 nitrogen and oxygen atoms in total. The minimum Gasteiger partial charge on any atom is -0.507 e. The minimum absolute atomic E-state index is 0.0877. The van der Waals surface area contributed by atoms with Gasteiger partial charge in [0, 0.05) is 10.6 Å². The molecular weight excluding hydrogens is 339 g/mol. The van der Waals surface area contributed by atoms with Gasteiger partial charge >= 0.3 is 0 Å². The second-order valence-corrected chi connectivity index (χ2v) is 5.74. The van der Waals surface area contributed by atoms with Crippen LogP contribution in [0.25, 0.3) is 0 Å².